The Balaban J connectivity index is 1.70. The van der Waals surface area contributed by atoms with Crippen molar-refractivity contribution in [3.05, 3.63) is 35.6 Å². The van der Waals surface area contributed by atoms with E-state index in [9.17, 15) is 17.6 Å². The summed E-state index contributed by atoms with van der Waals surface area (Å²) < 4.78 is 39.6. The second-order valence-corrected chi connectivity index (χ2v) is 8.95. The molecule has 3 rings (SSSR count). The lowest BCUT2D eigenvalue weighted by Gasteiger charge is -2.40. The number of carbonyl (C=O) groups is 1. The first-order chi connectivity index (χ1) is 11.9. The van der Waals surface area contributed by atoms with Gasteiger partial charge in [-0.15, -0.1) is 0 Å². The summed E-state index contributed by atoms with van der Waals surface area (Å²) in [6.07, 6.45) is 6.36. The molecule has 1 heterocycles. The Labute approximate surface area is 148 Å². The summed E-state index contributed by atoms with van der Waals surface area (Å²) >= 11 is 0. The monoisotopic (exact) mass is 368 g/mol. The molecule has 25 heavy (non-hydrogen) atoms. The second-order valence-electron chi connectivity index (χ2n) is 7.06. The van der Waals surface area contributed by atoms with Gasteiger partial charge in [0.15, 0.2) is 0 Å². The molecule has 1 atom stereocenters. The molecule has 1 aliphatic carbocycles. The summed E-state index contributed by atoms with van der Waals surface area (Å²) in [5.41, 5.74) is 0.345. The Morgan fingerprint density at radius 3 is 2.40 bits per heavy atom. The van der Waals surface area contributed by atoms with Gasteiger partial charge in [0.25, 0.3) is 5.91 Å². The molecule has 1 amide bonds. The number of halogens is 1. The topological polar surface area (TPSA) is 57.7 Å². The van der Waals surface area contributed by atoms with Crippen LogP contribution in [0.5, 0.6) is 0 Å². The third-order valence-electron chi connectivity index (χ3n) is 5.23. The second kappa shape index (κ2) is 7.41. The first-order valence-electron chi connectivity index (χ1n) is 8.89. The smallest absolute Gasteiger partial charge is 0.253 e. The van der Waals surface area contributed by atoms with Crippen LogP contribution in [0, 0.1) is 5.82 Å². The Hall–Kier alpha value is -1.47. The van der Waals surface area contributed by atoms with E-state index < -0.39 is 15.8 Å². The van der Waals surface area contributed by atoms with Crippen LogP contribution in [0.1, 0.15) is 48.9 Å². The average Bonchev–Trinajstić information content (AvgIpc) is 2.74. The van der Waals surface area contributed by atoms with Crippen molar-refractivity contribution in [2.75, 3.05) is 19.3 Å². The predicted molar refractivity (Wildman–Crippen MR) is 94.3 cm³/mol. The van der Waals surface area contributed by atoms with Crippen molar-refractivity contribution in [2.45, 2.75) is 50.6 Å². The maximum absolute atomic E-state index is 13.4. The van der Waals surface area contributed by atoms with Crippen LogP contribution in [-0.2, 0) is 10.0 Å². The van der Waals surface area contributed by atoms with Gasteiger partial charge in [0.2, 0.25) is 10.0 Å². The molecule has 0 aromatic heterocycles. The standard InChI is InChI=1S/C18H25FN2O3S/c1-25(23,24)21(16-7-3-8-16)17-9-4-11-20(12-10-17)18(22)14-5-2-6-15(19)13-14/h2,5-6,13,16-17H,3-4,7-12H2,1H3/t17-/m1/s1. The highest BCUT2D eigenvalue weighted by Crippen LogP contribution is 2.32. The van der Waals surface area contributed by atoms with Crippen LogP contribution in [0.15, 0.2) is 24.3 Å². The SMILES string of the molecule is CS(=O)(=O)N(C1CCC1)[C@@H]1CCCN(C(=O)c2cccc(F)c2)CC1. The molecule has 1 saturated carbocycles. The Morgan fingerprint density at radius 1 is 1.12 bits per heavy atom. The number of nitrogens with zero attached hydrogens (tertiary/aromatic N) is 2. The molecule has 7 heteroatoms. The first-order valence-corrected chi connectivity index (χ1v) is 10.7. The number of likely N-dealkylation sites (tertiary alicyclic amines) is 1. The zero-order valence-electron chi connectivity index (χ0n) is 14.5. The lowest BCUT2D eigenvalue weighted by Crippen LogP contribution is -2.50. The van der Waals surface area contributed by atoms with Crippen molar-refractivity contribution in [3.63, 3.8) is 0 Å². The van der Waals surface area contributed by atoms with Crippen LogP contribution in [-0.4, -0.2) is 55.0 Å². The molecule has 0 bridgehead atoms. The molecule has 0 unspecified atom stereocenters. The van der Waals surface area contributed by atoms with Gasteiger partial charge in [-0.2, -0.15) is 4.31 Å². The molecule has 2 fully saturated rings. The zero-order valence-corrected chi connectivity index (χ0v) is 15.3. The van der Waals surface area contributed by atoms with Gasteiger partial charge in [-0.05, 0) is 50.3 Å². The van der Waals surface area contributed by atoms with Gasteiger partial charge in [-0.25, -0.2) is 12.8 Å². The quantitative estimate of drug-likeness (QED) is 0.821. The van der Waals surface area contributed by atoms with Crippen molar-refractivity contribution in [3.8, 4) is 0 Å². The van der Waals surface area contributed by atoms with Crippen LogP contribution in [0.2, 0.25) is 0 Å². The van der Waals surface area contributed by atoms with Gasteiger partial charge in [0, 0.05) is 30.7 Å². The molecule has 1 aliphatic heterocycles. The van der Waals surface area contributed by atoms with E-state index in [1.54, 1.807) is 15.3 Å². The molecule has 5 nitrogen and oxygen atoms in total. The molecule has 1 aromatic rings. The summed E-state index contributed by atoms with van der Waals surface area (Å²) in [4.78, 5) is 14.3. The van der Waals surface area contributed by atoms with Gasteiger partial charge in [0.1, 0.15) is 5.82 Å². The van der Waals surface area contributed by atoms with Crippen LogP contribution in [0.4, 0.5) is 4.39 Å². The van der Waals surface area contributed by atoms with Gasteiger partial charge in [0.05, 0.1) is 6.26 Å². The number of sulfonamides is 1. The highest BCUT2D eigenvalue weighted by atomic mass is 32.2. The highest BCUT2D eigenvalue weighted by molar-refractivity contribution is 7.88. The van der Waals surface area contributed by atoms with Gasteiger partial charge >= 0.3 is 0 Å². The maximum atomic E-state index is 13.4. The summed E-state index contributed by atoms with van der Waals surface area (Å²) in [5.74, 6) is -0.610. The van der Waals surface area contributed by atoms with E-state index in [1.807, 2.05) is 0 Å². The summed E-state index contributed by atoms with van der Waals surface area (Å²) in [7, 11) is -3.26. The lowest BCUT2D eigenvalue weighted by molar-refractivity contribution is 0.0757. The third kappa shape index (κ3) is 4.20. The summed E-state index contributed by atoms with van der Waals surface area (Å²) in [6, 6.07) is 5.78. The van der Waals surface area contributed by atoms with Gasteiger partial charge < -0.3 is 4.90 Å². The van der Waals surface area contributed by atoms with Crippen molar-refractivity contribution in [1.82, 2.24) is 9.21 Å². The Morgan fingerprint density at radius 2 is 1.80 bits per heavy atom. The first kappa shape index (κ1) is 18.3. The number of carbonyl (C=O) groups excluding carboxylic acids is 1. The van der Waals surface area contributed by atoms with E-state index in [2.05, 4.69) is 0 Å². The van der Waals surface area contributed by atoms with Crippen molar-refractivity contribution >= 4 is 15.9 Å². The van der Waals surface area contributed by atoms with E-state index in [0.29, 0.717) is 25.1 Å². The molecule has 0 radical (unpaired) electrons. The zero-order chi connectivity index (χ0) is 18.0. The van der Waals surface area contributed by atoms with E-state index in [1.165, 1.54) is 24.5 Å². The third-order valence-corrected chi connectivity index (χ3v) is 6.60. The summed E-state index contributed by atoms with van der Waals surface area (Å²) in [5, 5.41) is 0. The normalized spacial score (nSPS) is 22.5. The van der Waals surface area contributed by atoms with Crippen LogP contribution in [0.3, 0.4) is 0 Å². The molecule has 2 aliphatic rings. The molecule has 0 N–H and O–H groups in total. The minimum Gasteiger partial charge on any atom is -0.339 e. The predicted octanol–water partition coefficient (Wildman–Crippen LogP) is 2.63. The maximum Gasteiger partial charge on any atom is 0.253 e. The molecular formula is C18H25FN2O3S. The molecular weight excluding hydrogens is 343 g/mol. The Kier molecular flexibility index (Phi) is 5.43. The number of hydrogen-bond donors (Lipinski definition) is 0. The highest BCUT2D eigenvalue weighted by Gasteiger charge is 2.37. The molecule has 138 valence electrons. The van der Waals surface area contributed by atoms with Gasteiger partial charge in [-0.3, -0.25) is 4.79 Å². The minimum absolute atomic E-state index is 0.0504. The molecule has 0 spiro atoms. The fraction of sp³-hybridized carbons (Fsp3) is 0.611. The van der Waals surface area contributed by atoms with Crippen molar-refractivity contribution < 1.29 is 17.6 Å². The average molecular weight is 368 g/mol. The van der Waals surface area contributed by atoms with Crippen LogP contribution in [0.25, 0.3) is 0 Å². The number of amides is 1. The molecule has 1 saturated heterocycles. The lowest BCUT2D eigenvalue weighted by atomic mass is 9.91. The Bertz CT molecular complexity index is 734. The number of hydrogen-bond acceptors (Lipinski definition) is 3. The molecule has 1 aromatic carbocycles. The minimum atomic E-state index is -3.26. The number of rotatable bonds is 4. The van der Waals surface area contributed by atoms with Crippen molar-refractivity contribution in [1.29, 1.82) is 0 Å². The number of benzene rings is 1. The van der Waals surface area contributed by atoms with E-state index in [-0.39, 0.29) is 18.0 Å². The summed E-state index contributed by atoms with van der Waals surface area (Å²) in [6.45, 7) is 1.08. The fourth-order valence-corrected chi connectivity index (χ4v) is 5.33. The van der Waals surface area contributed by atoms with E-state index in [4.69, 9.17) is 0 Å². The van der Waals surface area contributed by atoms with E-state index in [0.717, 1.165) is 32.1 Å². The largest absolute Gasteiger partial charge is 0.339 e. The van der Waals surface area contributed by atoms with Crippen LogP contribution < -0.4 is 0 Å². The fourth-order valence-electron chi connectivity index (χ4n) is 3.82. The van der Waals surface area contributed by atoms with Gasteiger partial charge in [-0.1, -0.05) is 12.5 Å². The van der Waals surface area contributed by atoms with Crippen LogP contribution >= 0.6 is 0 Å². The van der Waals surface area contributed by atoms with E-state index >= 15 is 0 Å². The van der Waals surface area contributed by atoms with Crippen molar-refractivity contribution in [2.24, 2.45) is 0 Å².